The number of fused-ring (bicyclic) bond motifs is 1. The Morgan fingerprint density at radius 2 is 1.88 bits per heavy atom. The third kappa shape index (κ3) is 5.54. The van der Waals surface area contributed by atoms with Crippen molar-refractivity contribution >= 4 is 34.1 Å². The number of methoxy groups -OCH3 is 1. The standard InChI is InChI=1S/C26H28N4O2S/c1-18-16-21(32-3)15-14-19(18)9-7-13-24-28-29-26(30(24)2)33-17-25(31)27-23-12-6-10-20-8-4-5-11-22(20)23/h4-6,8,10-12,14-16H,7,9,13,17H2,1-3H3,(H,27,31). The Hall–Kier alpha value is -3.32. The molecular weight excluding hydrogens is 432 g/mol. The van der Waals surface area contributed by atoms with Crippen LogP contribution in [0, 0.1) is 6.92 Å². The highest BCUT2D eigenvalue weighted by Crippen LogP contribution is 2.24. The lowest BCUT2D eigenvalue weighted by molar-refractivity contribution is -0.113. The predicted octanol–water partition coefficient (Wildman–Crippen LogP) is 5.19. The number of nitrogens with one attached hydrogen (secondary N) is 1. The Kier molecular flexibility index (Phi) is 7.29. The normalized spacial score (nSPS) is 11.0. The maximum absolute atomic E-state index is 12.6. The van der Waals surface area contributed by atoms with E-state index in [0.717, 1.165) is 52.5 Å². The van der Waals surface area contributed by atoms with E-state index < -0.39 is 0 Å². The molecule has 0 fully saturated rings. The zero-order valence-corrected chi connectivity index (χ0v) is 20.0. The van der Waals surface area contributed by atoms with E-state index in [-0.39, 0.29) is 11.7 Å². The molecule has 1 N–H and O–H groups in total. The van der Waals surface area contributed by atoms with Crippen molar-refractivity contribution in [2.24, 2.45) is 7.05 Å². The molecule has 1 aromatic heterocycles. The molecule has 0 aliphatic carbocycles. The molecule has 3 aromatic carbocycles. The van der Waals surface area contributed by atoms with Crippen LogP contribution in [0.3, 0.4) is 0 Å². The van der Waals surface area contributed by atoms with Crippen LogP contribution in [-0.2, 0) is 24.7 Å². The van der Waals surface area contributed by atoms with Crippen molar-refractivity contribution < 1.29 is 9.53 Å². The number of hydrogen-bond acceptors (Lipinski definition) is 5. The molecule has 0 bridgehead atoms. The number of aromatic nitrogens is 3. The summed E-state index contributed by atoms with van der Waals surface area (Å²) in [4.78, 5) is 12.6. The molecular formula is C26H28N4O2S. The average molecular weight is 461 g/mol. The van der Waals surface area contributed by atoms with E-state index in [1.165, 1.54) is 22.9 Å². The van der Waals surface area contributed by atoms with Gasteiger partial charge < -0.3 is 14.6 Å². The molecule has 1 amide bonds. The molecule has 4 aromatic rings. The highest BCUT2D eigenvalue weighted by molar-refractivity contribution is 7.99. The Bertz CT molecular complexity index is 1260. The van der Waals surface area contributed by atoms with Crippen molar-refractivity contribution in [2.45, 2.75) is 31.3 Å². The second-order valence-corrected chi connectivity index (χ2v) is 8.91. The quantitative estimate of drug-likeness (QED) is 0.348. The first-order valence-electron chi connectivity index (χ1n) is 11.0. The Labute approximate surface area is 198 Å². The number of thioether (sulfide) groups is 1. The predicted molar refractivity (Wildman–Crippen MR) is 134 cm³/mol. The summed E-state index contributed by atoms with van der Waals surface area (Å²) in [6.07, 6.45) is 2.78. The lowest BCUT2D eigenvalue weighted by Gasteiger charge is -2.09. The first kappa shape index (κ1) is 22.9. The van der Waals surface area contributed by atoms with Gasteiger partial charge >= 0.3 is 0 Å². The zero-order chi connectivity index (χ0) is 23.2. The Balaban J connectivity index is 1.30. The van der Waals surface area contributed by atoms with E-state index in [9.17, 15) is 4.79 Å². The number of aryl methyl sites for hydroxylation is 3. The summed E-state index contributed by atoms with van der Waals surface area (Å²) in [6, 6.07) is 20.1. The van der Waals surface area contributed by atoms with Gasteiger partial charge in [-0.15, -0.1) is 10.2 Å². The van der Waals surface area contributed by atoms with Crippen LogP contribution >= 0.6 is 11.8 Å². The molecule has 0 radical (unpaired) electrons. The molecule has 0 spiro atoms. The SMILES string of the molecule is COc1ccc(CCCc2nnc(SCC(=O)Nc3cccc4ccccc34)n2C)c(C)c1. The minimum Gasteiger partial charge on any atom is -0.497 e. The van der Waals surface area contributed by atoms with Gasteiger partial charge in [0.2, 0.25) is 5.91 Å². The fraction of sp³-hybridized carbons (Fsp3) is 0.269. The van der Waals surface area contributed by atoms with Gasteiger partial charge in [-0.25, -0.2) is 0 Å². The third-order valence-corrected chi connectivity index (χ3v) is 6.74. The number of hydrogen-bond donors (Lipinski definition) is 1. The number of amides is 1. The van der Waals surface area contributed by atoms with Gasteiger partial charge in [0.1, 0.15) is 11.6 Å². The van der Waals surface area contributed by atoms with Crippen molar-refractivity contribution in [3.63, 3.8) is 0 Å². The van der Waals surface area contributed by atoms with Crippen molar-refractivity contribution in [1.82, 2.24) is 14.8 Å². The number of carbonyl (C=O) groups excluding carboxylic acids is 1. The highest BCUT2D eigenvalue weighted by Gasteiger charge is 2.13. The van der Waals surface area contributed by atoms with Gasteiger partial charge in [-0.1, -0.05) is 54.2 Å². The molecule has 0 aliphatic rings. The highest BCUT2D eigenvalue weighted by atomic mass is 32.2. The van der Waals surface area contributed by atoms with E-state index in [2.05, 4.69) is 34.6 Å². The first-order valence-corrected chi connectivity index (χ1v) is 12.0. The van der Waals surface area contributed by atoms with Crippen molar-refractivity contribution in [3.05, 3.63) is 77.6 Å². The second kappa shape index (κ2) is 10.5. The van der Waals surface area contributed by atoms with Gasteiger partial charge in [0.15, 0.2) is 5.16 Å². The lowest BCUT2D eigenvalue weighted by Crippen LogP contribution is -2.14. The number of anilines is 1. The van der Waals surface area contributed by atoms with Crippen molar-refractivity contribution in [1.29, 1.82) is 0 Å². The fourth-order valence-corrected chi connectivity index (χ4v) is 4.58. The van der Waals surface area contributed by atoms with Crippen LogP contribution in [-0.4, -0.2) is 33.5 Å². The Morgan fingerprint density at radius 1 is 1.06 bits per heavy atom. The van der Waals surface area contributed by atoms with Crippen molar-refractivity contribution in [3.8, 4) is 5.75 Å². The lowest BCUT2D eigenvalue weighted by atomic mass is 10.0. The number of carbonyl (C=O) groups is 1. The number of ether oxygens (including phenoxy) is 1. The van der Waals surface area contributed by atoms with E-state index >= 15 is 0 Å². The minimum absolute atomic E-state index is 0.0594. The van der Waals surface area contributed by atoms with Crippen LogP contribution in [0.4, 0.5) is 5.69 Å². The molecule has 1 heterocycles. The molecule has 0 saturated heterocycles. The minimum atomic E-state index is -0.0594. The molecule has 0 aliphatic heterocycles. The molecule has 33 heavy (non-hydrogen) atoms. The van der Waals surface area contributed by atoms with Gasteiger partial charge in [0.05, 0.1) is 12.9 Å². The molecule has 4 rings (SSSR count). The summed E-state index contributed by atoms with van der Waals surface area (Å²) in [6.45, 7) is 2.11. The van der Waals surface area contributed by atoms with E-state index in [4.69, 9.17) is 4.74 Å². The van der Waals surface area contributed by atoms with Gasteiger partial charge in [0.25, 0.3) is 0 Å². The molecule has 6 nitrogen and oxygen atoms in total. The first-order chi connectivity index (χ1) is 16.0. The van der Waals surface area contributed by atoms with Crippen molar-refractivity contribution in [2.75, 3.05) is 18.2 Å². The summed E-state index contributed by atoms with van der Waals surface area (Å²) in [5.41, 5.74) is 3.38. The van der Waals surface area contributed by atoms with Gasteiger partial charge in [-0.2, -0.15) is 0 Å². The van der Waals surface area contributed by atoms with Crippen LogP contribution < -0.4 is 10.1 Å². The summed E-state index contributed by atoms with van der Waals surface area (Å²) in [5, 5.41) is 14.5. The fourth-order valence-electron chi connectivity index (χ4n) is 3.85. The van der Waals surface area contributed by atoms with Gasteiger partial charge in [-0.3, -0.25) is 4.79 Å². The summed E-state index contributed by atoms with van der Waals surface area (Å²) < 4.78 is 7.26. The Morgan fingerprint density at radius 3 is 2.70 bits per heavy atom. The average Bonchev–Trinajstić information content (AvgIpc) is 3.18. The third-order valence-electron chi connectivity index (χ3n) is 5.72. The maximum Gasteiger partial charge on any atom is 0.234 e. The number of nitrogens with zero attached hydrogens (tertiary/aromatic N) is 3. The van der Waals surface area contributed by atoms with Gasteiger partial charge in [-0.05, 0) is 54.5 Å². The monoisotopic (exact) mass is 460 g/mol. The molecule has 170 valence electrons. The van der Waals surface area contributed by atoms with Gasteiger partial charge in [0, 0.05) is 24.5 Å². The second-order valence-electron chi connectivity index (χ2n) is 7.97. The molecule has 0 saturated carbocycles. The zero-order valence-electron chi connectivity index (χ0n) is 19.2. The van der Waals surface area contributed by atoms with Crippen LogP contribution in [0.15, 0.2) is 65.8 Å². The topological polar surface area (TPSA) is 69.0 Å². The number of benzene rings is 3. The summed E-state index contributed by atoms with van der Waals surface area (Å²) in [7, 11) is 3.64. The molecule has 0 atom stereocenters. The number of rotatable bonds is 9. The van der Waals surface area contributed by atoms with Crippen LogP contribution in [0.2, 0.25) is 0 Å². The molecule has 0 unspecified atom stereocenters. The van der Waals surface area contributed by atoms with E-state index in [0.29, 0.717) is 0 Å². The van der Waals surface area contributed by atoms with Crippen LogP contribution in [0.1, 0.15) is 23.4 Å². The smallest absolute Gasteiger partial charge is 0.234 e. The van der Waals surface area contributed by atoms with E-state index in [1.807, 2.05) is 60.1 Å². The molecule has 7 heteroatoms. The largest absolute Gasteiger partial charge is 0.497 e. The van der Waals surface area contributed by atoms with Crippen LogP contribution in [0.5, 0.6) is 5.75 Å². The summed E-state index contributed by atoms with van der Waals surface area (Å²) >= 11 is 1.40. The summed E-state index contributed by atoms with van der Waals surface area (Å²) in [5.74, 6) is 2.03. The maximum atomic E-state index is 12.6. The van der Waals surface area contributed by atoms with Crippen LogP contribution in [0.25, 0.3) is 10.8 Å². The van der Waals surface area contributed by atoms with E-state index in [1.54, 1.807) is 7.11 Å².